The summed E-state index contributed by atoms with van der Waals surface area (Å²) in [4.78, 5) is 15.9. The maximum absolute atomic E-state index is 4.62. The van der Waals surface area contributed by atoms with E-state index >= 15 is 0 Å². The molecule has 2 aromatic rings. The standard InChI is InChI=1S/C20H31N7S/c1-6-18-23-20(28-24-18)27-11-9-26(10-12-27)19(21-3)22-14-16-8-7-15(2)13-17(16)25(4)5/h7-8,13H,6,9-12,14H2,1-5H3,(H,21,22). The lowest BCUT2D eigenvalue weighted by molar-refractivity contribution is 0.372. The topological polar surface area (TPSA) is 59.9 Å². The summed E-state index contributed by atoms with van der Waals surface area (Å²) in [6, 6.07) is 6.59. The quantitative estimate of drug-likeness (QED) is 0.613. The molecular formula is C20H31N7S. The van der Waals surface area contributed by atoms with E-state index in [0.29, 0.717) is 0 Å². The number of rotatable bonds is 5. The van der Waals surface area contributed by atoms with Crippen LogP contribution in [0.1, 0.15) is 23.9 Å². The smallest absolute Gasteiger partial charge is 0.205 e. The maximum atomic E-state index is 4.62. The Morgan fingerprint density at radius 3 is 2.61 bits per heavy atom. The van der Waals surface area contributed by atoms with Gasteiger partial charge < -0.3 is 20.0 Å². The van der Waals surface area contributed by atoms with Gasteiger partial charge in [-0.1, -0.05) is 19.1 Å². The molecule has 152 valence electrons. The number of piperazine rings is 1. The number of aliphatic imine (C=N–C) groups is 1. The van der Waals surface area contributed by atoms with Crippen LogP contribution in [0.5, 0.6) is 0 Å². The Morgan fingerprint density at radius 1 is 1.25 bits per heavy atom. The van der Waals surface area contributed by atoms with Gasteiger partial charge in [-0.25, -0.2) is 4.98 Å². The number of hydrogen-bond acceptors (Lipinski definition) is 6. The number of guanidine groups is 1. The van der Waals surface area contributed by atoms with Crippen molar-refractivity contribution < 1.29 is 0 Å². The van der Waals surface area contributed by atoms with Crippen molar-refractivity contribution in [1.29, 1.82) is 0 Å². The summed E-state index contributed by atoms with van der Waals surface area (Å²) in [5.74, 6) is 1.89. The van der Waals surface area contributed by atoms with Crippen LogP contribution in [0.15, 0.2) is 23.2 Å². The minimum absolute atomic E-state index is 0.761. The van der Waals surface area contributed by atoms with Crippen LogP contribution >= 0.6 is 11.5 Å². The molecule has 0 aliphatic carbocycles. The second-order valence-electron chi connectivity index (χ2n) is 7.25. The predicted octanol–water partition coefficient (Wildman–Crippen LogP) is 2.37. The van der Waals surface area contributed by atoms with Gasteiger partial charge in [0.1, 0.15) is 5.82 Å². The molecule has 1 aromatic heterocycles. The molecule has 0 amide bonds. The summed E-state index contributed by atoms with van der Waals surface area (Å²) >= 11 is 1.50. The third-order valence-corrected chi connectivity index (χ3v) is 5.81. The van der Waals surface area contributed by atoms with Crippen LogP contribution in [0, 0.1) is 6.92 Å². The molecule has 0 spiro atoms. The van der Waals surface area contributed by atoms with Gasteiger partial charge in [-0.15, -0.1) is 0 Å². The highest BCUT2D eigenvalue weighted by molar-refractivity contribution is 7.09. The Kier molecular flexibility index (Phi) is 6.72. The molecule has 1 saturated heterocycles. The maximum Gasteiger partial charge on any atom is 0.205 e. The highest BCUT2D eigenvalue weighted by Crippen LogP contribution is 2.21. The summed E-state index contributed by atoms with van der Waals surface area (Å²) < 4.78 is 4.41. The van der Waals surface area contributed by atoms with Crippen LogP contribution in [0.2, 0.25) is 0 Å². The average molecular weight is 402 g/mol. The Bertz CT molecular complexity index is 807. The lowest BCUT2D eigenvalue weighted by Gasteiger charge is -2.36. The SMILES string of the molecule is CCc1nsc(N2CCN(C(=NC)NCc3ccc(C)cc3N(C)C)CC2)n1. The van der Waals surface area contributed by atoms with Gasteiger partial charge in [-0.2, -0.15) is 4.37 Å². The molecule has 1 aliphatic heterocycles. The van der Waals surface area contributed by atoms with Gasteiger partial charge in [0, 0.05) is 77.5 Å². The molecule has 1 N–H and O–H groups in total. The molecule has 0 unspecified atom stereocenters. The Hall–Kier alpha value is -2.35. The van der Waals surface area contributed by atoms with Gasteiger partial charge in [-0.3, -0.25) is 4.99 Å². The summed E-state index contributed by atoms with van der Waals surface area (Å²) in [7, 11) is 6.03. The highest BCUT2D eigenvalue weighted by Gasteiger charge is 2.22. The minimum atomic E-state index is 0.761. The van der Waals surface area contributed by atoms with Crippen LogP contribution < -0.4 is 15.1 Å². The number of nitrogens with zero attached hydrogens (tertiary/aromatic N) is 6. The largest absolute Gasteiger partial charge is 0.377 e. The van der Waals surface area contributed by atoms with Crippen molar-refractivity contribution in [3.05, 3.63) is 35.2 Å². The highest BCUT2D eigenvalue weighted by atomic mass is 32.1. The van der Waals surface area contributed by atoms with Crippen molar-refractivity contribution in [3.63, 3.8) is 0 Å². The molecule has 0 atom stereocenters. The number of aromatic nitrogens is 2. The fourth-order valence-corrected chi connectivity index (χ4v) is 4.17. The Morgan fingerprint density at radius 2 is 2.00 bits per heavy atom. The lowest BCUT2D eigenvalue weighted by atomic mass is 10.1. The first kappa shape index (κ1) is 20.4. The Balaban J connectivity index is 1.58. The van der Waals surface area contributed by atoms with E-state index in [0.717, 1.165) is 56.1 Å². The van der Waals surface area contributed by atoms with Crippen LogP contribution in [0.4, 0.5) is 10.8 Å². The van der Waals surface area contributed by atoms with Crippen LogP contribution in [0.25, 0.3) is 0 Å². The zero-order valence-corrected chi connectivity index (χ0v) is 18.4. The van der Waals surface area contributed by atoms with Gasteiger partial charge in [0.05, 0.1) is 0 Å². The molecule has 1 aromatic carbocycles. The van der Waals surface area contributed by atoms with E-state index in [2.05, 4.69) is 80.5 Å². The summed E-state index contributed by atoms with van der Waals surface area (Å²) in [6.45, 7) is 8.71. The monoisotopic (exact) mass is 401 g/mol. The van der Waals surface area contributed by atoms with Crippen LogP contribution in [-0.2, 0) is 13.0 Å². The molecule has 1 fully saturated rings. The normalized spacial score (nSPS) is 15.1. The molecule has 0 bridgehead atoms. The van der Waals surface area contributed by atoms with E-state index < -0.39 is 0 Å². The van der Waals surface area contributed by atoms with Gasteiger partial charge in [-0.05, 0) is 24.1 Å². The molecule has 8 heteroatoms. The number of benzene rings is 1. The zero-order valence-electron chi connectivity index (χ0n) is 17.6. The molecular weight excluding hydrogens is 370 g/mol. The van der Waals surface area contributed by atoms with Crippen molar-refractivity contribution in [2.24, 2.45) is 4.99 Å². The van der Waals surface area contributed by atoms with Crippen LogP contribution in [-0.4, -0.2) is 67.5 Å². The molecule has 3 rings (SSSR count). The number of aryl methyl sites for hydroxylation is 2. The van der Waals surface area contributed by atoms with Gasteiger partial charge in [0.2, 0.25) is 5.13 Å². The summed E-state index contributed by atoms with van der Waals surface area (Å²) in [5, 5.41) is 4.58. The Labute approximate surface area is 172 Å². The van der Waals surface area contributed by atoms with E-state index in [1.54, 1.807) is 0 Å². The van der Waals surface area contributed by atoms with E-state index in [1.807, 2.05) is 7.05 Å². The predicted molar refractivity (Wildman–Crippen MR) is 119 cm³/mol. The first-order chi connectivity index (χ1) is 13.5. The molecule has 7 nitrogen and oxygen atoms in total. The van der Waals surface area contributed by atoms with E-state index in [1.165, 1.54) is 28.3 Å². The molecule has 28 heavy (non-hydrogen) atoms. The van der Waals surface area contributed by atoms with Crippen LogP contribution in [0.3, 0.4) is 0 Å². The van der Waals surface area contributed by atoms with Crippen molar-refractivity contribution >= 4 is 28.3 Å². The first-order valence-corrected chi connectivity index (χ1v) is 10.6. The van der Waals surface area contributed by atoms with Gasteiger partial charge in [0.15, 0.2) is 5.96 Å². The third-order valence-electron chi connectivity index (χ3n) is 4.99. The fourth-order valence-electron chi connectivity index (χ4n) is 3.37. The lowest BCUT2D eigenvalue weighted by Crippen LogP contribution is -2.52. The molecule has 0 radical (unpaired) electrons. The molecule has 0 saturated carbocycles. The van der Waals surface area contributed by atoms with Crippen molar-refractivity contribution in [2.45, 2.75) is 26.8 Å². The van der Waals surface area contributed by atoms with Crippen molar-refractivity contribution in [2.75, 3.05) is 57.1 Å². The van der Waals surface area contributed by atoms with E-state index in [-0.39, 0.29) is 0 Å². The first-order valence-electron chi connectivity index (χ1n) is 9.81. The van der Waals surface area contributed by atoms with Gasteiger partial charge >= 0.3 is 0 Å². The van der Waals surface area contributed by atoms with Crippen molar-refractivity contribution in [1.82, 2.24) is 19.6 Å². The third kappa shape index (κ3) is 4.73. The number of nitrogens with one attached hydrogen (secondary N) is 1. The average Bonchev–Trinajstić information content (AvgIpc) is 3.19. The molecule has 2 heterocycles. The van der Waals surface area contributed by atoms with Gasteiger partial charge in [0.25, 0.3) is 0 Å². The molecule has 1 aliphatic rings. The zero-order chi connectivity index (χ0) is 20.1. The minimum Gasteiger partial charge on any atom is -0.377 e. The second-order valence-corrected chi connectivity index (χ2v) is 7.98. The summed E-state index contributed by atoms with van der Waals surface area (Å²) in [6.07, 6.45) is 0.890. The number of hydrogen-bond donors (Lipinski definition) is 1. The summed E-state index contributed by atoms with van der Waals surface area (Å²) in [5.41, 5.74) is 3.79. The number of anilines is 2. The van der Waals surface area contributed by atoms with E-state index in [9.17, 15) is 0 Å². The van der Waals surface area contributed by atoms with E-state index in [4.69, 9.17) is 0 Å². The fraction of sp³-hybridized carbons (Fsp3) is 0.550. The van der Waals surface area contributed by atoms with Crippen molar-refractivity contribution in [3.8, 4) is 0 Å². The second kappa shape index (κ2) is 9.23.